The first-order chi connectivity index (χ1) is 20.0. The van der Waals surface area contributed by atoms with E-state index in [1.165, 1.54) is 12.1 Å². The van der Waals surface area contributed by atoms with E-state index in [4.69, 9.17) is 0 Å². The molecule has 4 aromatic rings. The van der Waals surface area contributed by atoms with Gasteiger partial charge in [0.15, 0.2) is 0 Å². The van der Waals surface area contributed by atoms with Crippen molar-refractivity contribution in [1.29, 1.82) is 0 Å². The van der Waals surface area contributed by atoms with Gasteiger partial charge < -0.3 is 4.74 Å². The van der Waals surface area contributed by atoms with Crippen LogP contribution in [0.25, 0.3) is 22.3 Å². The van der Waals surface area contributed by atoms with Crippen LogP contribution in [0.5, 0.6) is 5.75 Å². The number of rotatable bonds is 9. The molecule has 0 aliphatic rings. The third-order valence-corrected chi connectivity index (χ3v) is 6.17. The Balaban J connectivity index is 1.57. The summed E-state index contributed by atoms with van der Waals surface area (Å²) in [5.41, 5.74) is -2.98. The molecule has 0 aliphatic carbocycles. The molecule has 43 heavy (non-hydrogen) atoms. The van der Waals surface area contributed by atoms with Crippen LogP contribution in [0.2, 0.25) is 0 Å². The average molecular weight is 620 g/mol. The van der Waals surface area contributed by atoms with Crippen LogP contribution in [-0.4, -0.2) is 6.36 Å². The van der Waals surface area contributed by atoms with Crippen LogP contribution in [0.4, 0.5) is 48.3 Å². The Labute approximate surface area is 237 Å². The first kappa shape index (κ1) is 31.8. The number of ether oxygens (including phenoxy) is 2. The summed E-state index contributed by atoms with van der Waals surface area (Å²) < 4.78 is 159. The second kappa shape index (κ2) is 11.9. The zero-order chi connectivity index (χ0) is 31.7. The molecule has 0 amide bonds. The van der Waals surface area contributed by atoms with Crippen molar-refractivity contribution < 1.29 is 57.8 Å². The number of benzene rings is 4. The zero-order valence-corrected chi connectivity index (χ0v) is 21.8. The highest BCUT2D eigenvalue weighted by atomic mass is 19.4. The van der Waals surface area contributed by atoms with Gasteiger partial charge in [-0.15, -0.1) is 13.2 Å². The monoisotopic (exact) mass is 620 g/mol. The highest BCUT2D eigenvalue weighted by Gasteiger charge is 2.49. The summed E-state index contributed by atoms with van der Waals surface area (Å²) in [5, 5.41) is 0. The van der Waals surface area contributed by atoms with Crippen LogP contribution in [0.15, 0.2) is 72.8 Å². The predicted molar refractivity (Wildman–Crippen MR) is 133 cm³/mol. The van der Waals surface area contributed by atoms with Crippen LogP contribution in [0, 0.1) is 23.3 Å². The summed E-state index contributed by atoms with van der Waals surface area (Å²) in [6.45, 7) is 2.03. The van der Waals surface area contributed by atoms with Gasteiger partial charge in [0, 0.05) is 12.1 Å². The van der Waals surface area contributed by atoms with Gasteiger partial charge >= 0.3 is 18.6 Å². The van der Waals surface area contributed by atoms with Crippen molar-refractivity contribution in [2.75, 3.05) is 0 Å². The second-order valence-corrected chi connectivity index (χ2v) is 9.28. The Bertz CT molecular complexity index is 1550. The molecule has 13 heteroatoms. The SMILES string of the molecule is CCCc1ccc(-c2ccc(C(F)(F)Oc3cc(F)c(-c4cc(F)c(C(F)(F)OC(F)(F)F)c(F)c4)c(F)c3)cc2)cc1. The second-order valence-electron chi connectivity index (χ2n) is 9.28. The van der Waals surface area contributed by atoms with Crippen molar-refractivity contribution in [3.8, 4) is 28.0 Å². The molecule has 4 rings (SSSR count). The lowest BCUT2D eigenvalue weighted by atomic mass is 10.0. The number of hydrogen-bond acceptors (Lipinski definition) is 2. The van der Waals surface area contributed by atoms with Crippen molar-refractivity contribution >= 4 is 0 Å². The van der Waals surface area contributed by atoms with Gasteiger partial charge in [0.05, 0.1) is 11.1 Å². The molecule has 0 bridgehead atoms. The van der Waals surface area contributed by atoms with Crippen molar-refractivity contribution in [3.63, 3.8) is 0 Å². The van der Waals surface area contributed by atoms with Crippen LogP contribution in [0.1, 0.15) is 30.0 Å². The molecule has 0 radical (unpaired) electrons. The Morgan fingerprint density at radius 2 is 1.07 bits per heavy atom. The number of hydrogen-bond donors (Lipinski definition) is 0. The van der Waals surface area contributed by atoms with Gasteiger partial charge in [0.1, 0.15) is 34.6 Å². The fourth-order valence-electron chi connectivity index (χ4n) is 4.29. The van der Waals surface area contributed by atoms with Crippen molar-refractivity contribution in [2.24, 2.45) is 0 Å². The van der Waals surface area contributed by atoms with Gasteiger partial charge in [-0.05, 0) is 52.9 Å². The maximum atomic E-state index is 14.9. The maximum Gasteiger partial charge on any atom is 0.527 e. The minimum atomic E-state index is -5.99. The summed E-state index contributed by atoms with van der Waals surface area (Å²) in [7, 11) is 0. The van der Waals surface area contributed by atoms with Gasteiger partial charge in [0.2, 0.25) is 0 Å². The summed E-state index contributed by atoms with van der Waals surface area (Å²) in [6.07, 6.45) is -13.8. The molecule has 0 aromatic heterocycles. The normalized spacial score (nSPS) is 12.5. The van der Waals surface area contributed by atoms with Crippen LogP contribution in [-0.2, 0) is 23.4 Å². The van der Waals surface area contributed by atoms with Crippen molar-refractivity contribution in [1.82, 2.24) is 0 Å². The summed E-state index contributed by atoms with van der Waals surface area (Å²) in [4.78, 5) is 0. The third kappa shape index (κ3) is 7.27. The van der Waals surface area contributed by atoms with E-state index in [0.717, 1.165) is 36.1 Å². The lowest BCUT2D eigenvalue weighted by molar-refractivity contribution is -0.432. The summed E-state index contributed by atoms with van der Waals surface area (Å²) >= 11 is 0. The Morgan fingerprint density at radius 1 is 0.581 bits per heavy atom. The first-order valence-electron chi connectivity index (χ1n) is 12.4. The molecule has 0 saturated heterocycles. The first-order valence-corrected chi connectivity index (χ1v) is 12.4. The van der Waals surface area contributed by atoms with E-state index in [1.54, 1.807) is 0 Å². The molecule has 0 aliphatic heterocycles. The minimum absolute atomic E-state index is 0.0679. The standard InChI is InChI=1S/C30H19F11O2/c1-2-3-16-4-6-17(7-5-16)18-8-10-20(11-9-18)28(35,36)42-21-14-22(31)26(23(32)15-21)19-12-24(33)27(25(34)13-19)29(37,38)43-30(39,40)41/h4-15H,2-3H2,1H3. The molecule has 0 atom stereocenters. The molecule has 2 nitrogen and oxygen atoms in total. The Kier molecular flexibility index (Phi) is 8.77. The van der Waals surface area contributed by atoms with Crippen molar-refractivity contribution in [3.05, 3.63) is 113 Å². The molecule has 4 aromatic carbocycles. The molecule has 0 N–H and O–H groups in total. The van der Waals surface area contributed by atoms with Crippen molar-refractivity contribution in [2.45, 2.75) is 38.3 Å². The van der Waals surface area contributed by atoms with E-state index in [0.29, 0.717) is 5.56 Å². The maximum absolute atomic E-state index is 14.9. The van der Waals surface area contributed by atoms with Gasteiger partial charge in [0.25, 0.3) is 0 Å². The van der Waals surface area contributed by atoms with E-state index < -0.39 is 69.9 Å². The fourth-order valence-corrected chi connectivity index (χ4v) is 4.29. The lowest BCUT2D eigenvalue weighted by Gasteiger charge is -2.21. The predicted octanol–water partition coefficient (Wildman–Crippen LogP) is 10.2. The number of alkyl halides is 7. The largest absolute Gasteiger partial charge is 0.527 e. The third-order valence-electron chi connectivity index (χ3n) is 6.17. The highest BCUT2D eigenvalue weighted by Crippen LogP contribution is 2.41. The van der Waals surface area contributed by atoms with Crippen LogP contribution in [0.3, 0.4) is 0 Å². The molecule has 0 fully saturated rings. The topological polar surface area (TPSA) is 18.5 Å². The summed E-state index contributed by atoms with van der Waals surface area (Å²) in [5.74, 6) is -9.08. The van der Waals surface area contributed by atoms with Gasteiger partial charge in [-0.25, -0.2) is 22.3 Å². The van der Waals surface area contributed by atoms with E-state index in [-0.39, 0.29) is 24.3 Å². The molecule has 228 valence electrons. The van der Waals surface area contributed by atoms with Gasteiger partial charge in [-0.3, -0.25) is 0 Å². The number of aryl methyl sites for hydroxylation is 1. The van der Waals surface area contributed by atoms with Gasteiger partial charge in [-0.2, -0.15) is 17.6 Å². The fraction of sp³-hybridized carbons (Fsp3) is 0.200. The van der Waals surface area contributed by atoms with E-state index in [1.807, 2.05) is 31.2 Å². The molecule has 0 spiro atoms. The Hall–Kier alpha value is -4.13. The van der Waals surface area contributed by atoms with Crippen LogP contribution >= 0.6 is 0 Å². The minimum Gasteiger partial charge on any atom is -0.429 e. The quantitative estimate of drug-likeness (QED) is 0.174. The van der Waals surface area contributed by atoms with E-state index in [9.17, 15) is 48.3 Å². The lowest BCUT2D eigenvalue weighted by Crippen LogP contribution is -2.29. The molecular formula is C30H19F11O2. The Morgan fingerprint density at radius 3 is 1.53 bits per heavy atom. The molecular weight excluding hydrogens is 601 g/mol. The molecule has 0 unspecified atom stereocenters. The highest BCUT2D eigenvalue weighted by molar-refractivity contribution is 5.67. The molecule has 0 heterocycles. The average Bonchev–Trinajstić information content (AvgIpc) is 2.87. The van der Waals surface area contributed by atoms with Crippen LogP contribution < -0.4 is 4.74 Å². The van der Waals surface area contributed by atoms with E-state index in [2.05, 4.69) is 9.47 Å². The smallest absolute Gasteiger partial charge is 0.429 e. The zero-order valence-electron chi connectivity index (χ0n) is 21.8. The summed E-state index contributed by atoms with van der Waals surface area (Å²) in [6, 6.07) is 12.7. The van der Waals surface area contributed by atoms with E-state index >= 15 is 0 Å². The van der Waals surface area contributed by atoms with Gasteiger partial charge in [-0.1, -0.05) is 49.7 Å². The molecule has 0 saturated carbocycles. The number of halogens is 11.